The highest BCUT2D eigenvalue weighted by Gasteiger charge is 2.14. The zero-order valence-electron chi connectivity index (χ0n) is 26.6. The van der Waals surface area contributed by atoms with Crippen molar-refractivity contribution in [3.63, 3.8) is 0 Å². The Hall–Kier alpha value is -4.94. The normalized spacial score (nSPS) is 10.7. The molecule has 5 aromatic rings. The van der Waals surface area contributed by atoms with Gasteiger partial charge in [-0.05, 0) is 100 Å². The van der Waals surface area contributed by atoms with Crippen LogP contribution in [0.25, 0.3) is 27.8 Å². The number of thioether (sulfide) groups is 1. The summed E-state index contributed by atoms with van der Waals surface area (Å²) in [5.74, 6) is 2.09. The van der Waals surface area contributed by atoms with Crippen LogP contribution in [-0.4, -0.2) is 37.7 Å². The molecule has 1 N–H and O–H groups in total. The maximum absolute atomic E-state index is 10.9. The first kappa shape index (κ1) is 32.5. The molecule has 0 radical (unpaired) electrons. The van der Waals surface area contributed by atoms with Gasteiger partial charge in [0.05, 0.1) is 14.2 Å². The van der Waals surface area contributed by atoms with Crippen molar-refractivity contribution < 1.29 is 24.1 Å². The van der Waals surface area contributed by atoms with Crippen molar-refractivity contribution in [2.24, 2.45) is 0 Å². The van der Waals surface area contributed by atoms with Gasteiger partial charge < -0.3 is 19.3 Å². The lowest BCUT2D eigenvalue weighted by molar-refractivity contribution is -0.139. The van der Waals surface area contributed by atoms with Crippen LogP contribution in [0.2, 0.25) is 0 Å². The Bertz CT molecular complexity index is 1700. The molecule has 5 nitrogen and oxygen atoms in total. The summed E-state index contributed by atoms with van der Waals surface area (Å²) >= 11 is 1.77. The van der Waals surface area contributed by atoms with Crippen LogP contribution in [0, 0.1) is 6.92 Å². The number of hydrogen-bond acceptors (Lipinski definition) is 5. The number of aryl methyl sites for hydroxylation is 1. The van der Waals surface area contributed by atoms with Crippen LogP contribution in [-0.2, 0) is 4.79 Å². The number of carboxylic acid groups (broad SMARTS) is 1. The molecule has 0 aliphatic rings. The maximum Gasteiger partial charge on any atom is 0.341 e. The molecule has 0 amide bonds. The van der Waals surface area contributed by atoms with E-state index in [1.807, 2.05) is 43.3 Å². The van der Waals surface area contributed by atoms with Gasteiger partial charge in [0.1, 0.15) is 17.2 Å². The molecule has 0 saturated heterocycles. The topological polar surface area (TPSA) is 65.0 Å². The first-order chi connectivity index (χ1) is 22.4. The molecule has 5 rings (SSSR count). The van der Waals surface area contributed by atoms with Crippen molar-refractivity contribution in [3.8, 4) is 39.5 Å². The van der Waals surface area contributed by atoms with Crippen LogP contribution < -0.4 is 14.2 Å². The molecule has 0 bridgehead atoms. The number of hydrogen-bond donors (Lipinski definition) is 1. The molecule has 234 valence electrons. The van der Waals surface area contributed by atoms with Gasteiger partial charge in [-0.3, -0.25) is 0 Å². The average molecular weight is 631 g/mol. The van der Waals surface area contributed by atoms with Crippen molar-refractivity contribution in [2.75, 3.05) is 26.6 Å². The molecule has 0 unspecified atom stereocenters. The quantitative estimate of drug-likeness (QED) is 0.131. The maximum atomic E-state index is 10.9. The molecule has 0 atom stereocenters. The highest BCUT2D eigenvalue weighted by Crippen LogP contribution is 2.36. The summed E-state index contributed by atoms with van der Waals surface area (Å²) in [5.41, 5.74) is 10.4. The highest BCUT2D eigenvalue weighted by molar-refractivity contribution is 7.99. The number of methoxy groups -OCH3 is 2. The minimum atomic E-state index is -0.989. The van der Waals surface area contributed by atoms with Gasteiger partial charge in [-0.25, -0.2) is 4.79 Å². The van der Waals surface area contributed by atoms with E-state index in [9.17, 15) is 4.79 Å². The number of aliphatic carboxylic acids is 1. The largest absolute Gasteiger partial charge is 0.497 e. The molecule has 0 spiro atoms. The predicted molar refractivity (Wildman–Crippen MR) is 188 cm³/mol. The molecule has 46 heavy (non-hydrogen) atoms. The van der Waals surface area contributed by atoms with E-state index in [-0.39, 0.29) is 6.61 Å². The van der Waals surface area contributed by atoms with Crippen molar-refractivity contribution in [2.45, 2.75) is 25.2 Å². The van der Waals surface area contributed by atoms with Crippen LogP contribution in [0.5, 0.6) is 17.2 Å². The summed E-state index contributed by atoms with van der Waals surface area (Å²) in [6, 6.07) is 39.7. The molecule has 0 heterocycles. The number of rotatable bonds is 13. The second-order valence-corrected chi connectivity index (χ2v) is 11.9. The summed E-state index contributed by atoms with van der Waals surface area (Å²) < 4.78 is 16.1. The fourth-order valence-electron chi connectivity index (χ4n) is 5.34. The Morgan fingerprint density at radius 2 is 1.13 bits per heavy atom. The van der Waals surface area contributed by atoms with Gasteiger partial charge >= 0.3 is 5.97 Å². The first-order valence-electron chi connectivity index (χ1n) is 15.2. The van der Waals surface area contributed by atoms with Gasteiger partial charge in [-0.1, -0.05) is 85.3 Å². The molecule has 0 aliphatic carbocycles. The third-order valence-electron chi connectivity index (χ3n) is 7.88. The Morgan fingerprint density at radius 3 is 1.52 bits per heavy atom. The Kier molecular flexibility index (Phi) is 10.8. The fraction of sp³-hybridized carbons (Fsp3) is 0.175. The van der Waals surface area contributed by atoms with E-state index in [2.05, 4.69) is 85.8 Å². The lowest BCUT2D eigenvalue weighted by Crippen LogP contribution is -2.10. The van der Waals surface area contributed by atoms with Gasteiger partial charge in [0, 0.05) is 10.6 Å². The smallest absolute Gasteiger partial charge is 0.341 e. The number of carboxylic acids is 1. The zero-order chi connectivity index (χ0) is 32.5. The molecule has 0 aliphatic heterocycles. The summed E-state index contributed by atoms with van der Waals surface area (Å²) in [6.45, 7) is 3.80. The van der Waals surface area contributed by atoms with Crippen LogP contribution in [0.1, 0.15) is 30.0 Å². The Labute approximate surface area is 275 Å². The summed E-state index contributed by atoms with van der Waals surface area (Å²) in [6.07, 6.45) is 0.890. The van der Waals surface area contributed by atoms with Crippen molar-refractivity contribution in [3.05, 3.63) is 138 Å². The van der Waals surface area contributed by atoms with Gasteiger partial charge in [-0.2, -0.15) is 0 Å². The monoisotopic (exact) mass is 630 g/mol. The average Bonchev–Trinajstić information content (AvgIpc) is 3.10. The molecule has 6 heteroatoms. The van der Waals surface area contributed by atoms with E-state index >= 15 is 0 Å². The van der Waals surface area contributed by atoms with Gasteiger partial charge in [0.25, 0.3) is 0 Å². The number of carbonyl (C=O) groups is 1. The van der Waals surface area contributed by atoms with E-state index in [0.29, 0.717) is 5.75 Å². The lowest BCUT2D eigenvalue weighted by Gasteiger charge is -2.17. The highest BCUT2D eigenvalue weighted by atomic mass is 32.2. The molecule has 5 aromatic carbocycles. The van der Waals surface area contributed by atoms with Crippen LogP contribution in [0.15, 0.2) is 126 Å². The van der Waals surface area contributed by atoms with E-state index in [0.717, 1.165) is 56.4 Å². The van der Waals surface area contributed by atoms with Gasteiger partial charge in [0.15, 0.2) is 6.61 Å². The number of benzene rings is 5. The minimum Gasteiger partial charge on any atom is -0.497 e. The van der Waals surface area contributed by atoms with Gasteiger partial charge in [-0.15, -0.1) is 11.8 Å². The third kappa shape index (κ3) is 8.01. The predicted octanol–water partition coefficient (Wildman–Crippen LogP) is 9.81. The van der Waals surface area contributed by atoms with Crippen LogP contribution in [0.3, 0.4) is 0 Å². The molecule has 0 aromatic heterocycles. The number of ether oxygens (including phenoxy) is 3. The zero-order valence-corrected chi connectivity index (χ0v) is 27.4. The van der Waals surface area contributed by atoms with Crippen molar-refractivity contribution >= 4 is 23.3 Å². The van der Waals surface area contributed by atoms with Gasteiger partial charge in [0.2, 0.25) is 0 Å². The second-order valence-electron chi connectivity index (χ2n) is 10.8. The first-order valence-corrected chi connectivity index (χ1v) is 16.2. The third-order valence-corrected chi connectivity index (χ3v) is 8.96. The summed E-state index contributed by atoms with van der Waals surface area (Å²) in [5, 5.41) is 8.97. The van der Waals surface area contributed by atoms with E-state index < -0.39 is 5.97 Å². The molecule has 0 fully saturated rings. The standard InChI is InChI=1S/C40H38O5S/c1-5-28(26-46-37-22-23-38(27(2)24-37)45-25-39(41)42)40(33-10-6-29(7-11-33)31-14-18-35(43-3)19-15-31)34-12-8-30(9-13-34)32-16-20-36(44-4)21-17-32/h6-24H,5,25-26H2,1-4H3,(H,41,42). The summed E-state index contributed by atoms with van der Waals surface area (Å²) in [4.78, 5) is 12.1. The van der Waals surface area contributed by atoms with Crippen LogP contribution in [0.4, 0.5) is 0 Å². The van der Waals surface area contributed by atoms with E-state index in [4.69, 9.17) is 19.3 Å². The van der Waals surface area contributed by atoms with Crippen molar-refractivity contribution in [1.82, 2.24) is 0 Å². The second kappa shape index (κ2) is 15.4. The van der Waals surface area contributed by atoms with E-state index in [1.54, 1.807) is 26.0 Å². The Balaban J connectivity index is 1.47. The SMILES string of the molecule is CCC(CSc1ccc(OCC(=O)O)c(C)c1)=C(c1ccc(-c2ccc(OC)cc2)cc1)c1ccc(-c2ccc(OC)cc2)cc1. The van der Waals surface area contributed by atoms with E-state index in [1.165, 1.54) is 22.3 Å². The fourth-order valence-corrected chi connectivity index (χ4v) is 6.45. The molecule has 0 saturated carbocycles. The minimum absolute atomic E-state index is 0.353. The molecular weight excluding hydrogens is 593 g/mol. The van der Waals surface area contributed by atoms with Crippen molar-refractivity contribution in [1.29, 1.82) is 0 Å². The Morgan fingerprint density at radius 1 is 0.674 bits per heavy atom. The lowest BCUT2D eigenvalue weighted by atomic mass is 9.90. The van der Waals surface area contributed by atoms with Crippen LogP contribution >= 0.6 is 11.8 Å². The molecular formula is C40H38O5S. The summed E-state index contributed by atoms with van der Waals surface area (Å²) in [7, 11) is 3.36.